The lowest BCUT2D eigenvalue weighted by molar-refractivity contribution is 0.154. The van der Waals surface area contributed by atoms with Crippen molar-refractivity contribution in [1.29, 1.82) is 0 Å². The molecule has 2 rings (SSSR count). The van der Waals surface area contributed by atoms with E-state index in [1.807, 2.05) is 14.0 Å². The third kappa shape index (κ3) is 7.23. The number of hydrogen-bond donors (Lipinski definition) is 3. The molecular formula is C23H42N6O. The molecule has 7 heteroatoms. The first-order valence-corrected chi connectivity index (χ1v) is 11.4. The molecule has 1 aliphatic rings. The van der Waals surface area contributed by atoms with Crippen molar-refractivity contribution in [1.82, 2.24) is 30.0 Å². The second-order valence-electron chi connectivity index (χ2n) is 8.19. The summed E-state index contributed by atoms with van der Waals surface area (Å²) in [4.78, 5) is 9.71. The smallest absolute Gasteiger partial charge is 0.118 e. The fourth-order valence-corrected chi connectivity index (χ4v) is 3.84. The van der Waals surface area contributed by atoms with E-state index < -0.39 is 0 Å². The largest absolute Gasteiger partial charge is 0.393 e. The highest BCUT2D eigenvalue weighted by Crippen LogP contribution is 2.21. The van der Waals surface area contributed by atoms with Gasteiger partial charge in [0.25, 0.3) is 0 Å². The maximum atomic E-state index is 10.0. The van der Waals surface area contributed by atoms with Crippen molar-refractivity contribution < 1.29 is 5.11 Å². The highest BCUT2D eigenvalue weighted by Gasteiger charge is 2.22. The Hall–Kier alpha value is -1.67. The van der Waals surface area contributed by atoms with Gasteiger partial charge in [0.1, 0.15) is 11.6 Å². The highest BCUT2D eigenvalue weighted by atomic mass is 16.3. The molecule has 2 heterocycles. The first kappa shape index (κ1) is 24.6. The summed E-state index contributed by atoms with van der Waals surface area (Å²) in [6, 6.07) is 0. The third-order valence-corrected chi connectivity index (χ3v) is 5.80. The first-order chi connectivity index (χ1) is 14.5. The molecule has 0 spiro atoms. The summed E-state index contributed by atoms with van der Waals surface area (Å²) in [5.74, 6) is 1.91. The van der Waals surface area contributed by atoms with E-state index in [1.54, 1.807) is 0 Å². The Balaban J connectivity index is 2.28. The molecule has 1 fully saturated rings. The summed E-state index contributed by atoms with van der Waals surface area (Å²) in [7, 11) is 4.09. The van der Waals surface area contributed by atoms with Crippen molar-refractivity contribution in [2.75, 3.05) is 46.8 Å². The maximum absolute atomic E-state index is 10.0. The van der Waals surface area contributed by atoms with Gasteiger partial charge in [-0.3, -0.25) is 9.47 Å². The second kappa shape index (κ2) is 12.9. The number of rotatable bonds is 12. The molecule has 1 unspecified atom stereocenters. The van der Waals surface area contributed by atoms with Crippen molar-refractivity contribution in [3.63, 3.8) is 0 Å². The summed E-state index contributed by atoms with van der Waals surface area (Å²) in [5, 5.41) is 16.8. The second-order valence-corrected chi connectivity index (χ2v) is 8.19. The van der Waals surface area contributed by atoms with Crippen LogP contribution in [0.4, 0.5) is 0 Å². The van der Waals surface area contributed by atoms with Gasteiger partial charge in [0.05, 0.1) is 17.5 Å². The highest BCUT2D eigenvalue weighted by molar-refractivity contribution is 5.45. The number of allylic oxidation sites excluding steroid dienone is 2. The van der Waals surface area contributed by atoms with Crippen LogP contribution in [0.3, 0.4) is 0 Å². The minimum atomic E-state index is -0.172. The molecule has 170 valence electrons. The SMILES string of the molecule is C=C(NCCN(C)CC)n1c(C/C=C\C)nc(CNC)c1CN1CCCC(O)CC1. The number of hydrogen-bond acceptors (Lipinski definition) is 6. The van der Waals surface area contributed by atoms with Crippen LogP contribution in [0, 0.1) is 0 Å². The van der Waals surface area contributed by atoms with E-state index >= 15 is 0 Å². The summed E-state index contributed by atoms with van der Waals surface area (Å²) >= 11 is 0. The molecule has 0 aromatic carbocycles. The van der Waals surface area contributed by atoms with Crippen LogP contribution in [-0.2, 0) is 19.5 Å². The lowest BCUT2D eigenvalue weighted by Crippen LogP contribution is -2.31. The molecular weight excluding hydrogens is 376 g/mol. The van der Waals surface area contributed by atoms with Gasteiger partial charge >= 0.3 is 0 Å². The lowest BCUT2D eigenvalue weighted by atomic mass is 10.2. The molecule has 0 bridgehead atoms. The molecule has 30 heavy (non-hydrogen) atoms. The zero-order valence-electron chi connectivity index (χ0n) is 19.5. The molecule has 3 N–H and O–H groups in total. The van der Waals surface area contributed by atoms with Gasteiger partial charge in [-0.25, -0.2) is 4.98 Å². The van der Waals surface area contributed by atoms with E-state index in [1.165, 1.54) is 5.69 Å². The van der Waals surface area contributed by atoms with Crippen molar-refractivity contribution in [3.05, 3.63) is 35.9 Å². The number of nitrogens with one attached hydrogen (secondary N) is 2. The molecule has 1 saturated heterocycles. The predicted molar refractivity (Wildman–Crippen MR) is 125 cm³/mol. The number of likely N-dealkylation sites (N-methyl/N-ethyl adjacent to an activating group) is 1. The summed E-state index contributed by atoms with van der Waals surface area (Å²) in [5.41, 5.74) is 2.28. The quantitative estimate of drug-likeness (QED) is 0.452. The fraction of sp³-hybridized carbons (Fsp3) is 0.696. The fourth-order valence-electron chi connectivity index (χ4n) is 3.84. The first-order valence-electron chi connectivity index (χ1n) is 11.4. The van der Waals surface area contributed by atoms with Gasteiger partial charge in [-0.15, -0.1) is 0 Å². The molecule has 0 aliphatic carbocycles. The van der Waals surface area contributed by atoms with Gasteiger partial charge in [0, 0.05) is 39.1 Å². The van der Waals surface area contributed by atoms with E-state index in [-0.39, 0.29) is 6.10 Å². The van der Waals surface area contributed by atoms with Gasteiger partial charge in [-0.2, -0.15) is 0 Å². The average Bonchev–Trinajstić information content (AvgIpc) is 2.92. The van der Waals surface area contributed by atoms with Crippen LogP contribution in [0.1, 0.15) is 50.3 Å². The maximum Gasteiger partial charge on any atom is 0.118 e. The van der Waals surface area contributed by atoms with Gasteiger partial charge in [0.15, 0.2) is 0 Å². The van der Waals surface area contributed by atoms with Crippen molar-refractivity contribution >= 4 is 5.82 Å². The molecule has 1 aromatic rings. The molecule has 0 amide bonds. The molecule has 7 nitrogen and oxygen atoms in total. The molecule has 0 radical (unpaired) electrons. The van der Waals surface area contributed by atoms with Crippen LogP contribution in [-0.4, -0.2) is 77.4 Å². The number of nitrogens with zero attached hydrogens (tertiary/aromatic N) is 4. The van der Waals surface area contributed by atoms with Gasteiger partial charge < -0.3 is 20.6 Å². The van der Waals surface area contributed by atoms with Gasteiger partial charge in [0.2, 0.25) is 0 Å². The Bertz CT molecular complexity index is 683. The Morgan fingerprint density at radius 1 is 1.37 bits per heavy atom. The van der Waals surface area contributed by atoms with Crippen molar-refractivity contribution in [3.8, 4) is 0 Å². The van der Waals surface area contributed by atoms with Crippen molar-refractivity contribution in [2.24, 2.45) is 0 Å². The van der Waals surface area contributed by atoms with E-state index in [0.717, 1.165) is 88.8 Å². The van der Waals surface area contributed by atoms with Crippen LogP contribution in [0.5, 0.6) is 0 Å². The zero-order chi connectivity index (χ0) is 21.9. The van der Waals surface area contributed by atoms with E-state index in [2.05, 4.69) is 57.7 Å². The molecule has 1 aliphatic heterocycles. The summed E-state index contributed by atoms with van der Waals surface area (Å²) in [6.07, 6.45) is 7.58. The van der Waals surface area contributed by atoms with Gasteiger partial charge in [-0.05, 0) is 53.4 Å². The number of aromatic nitrogens is 2. The number of aliphatic hydroxyl groups is 1. The Labute approximate surface area is 182 Å². The van der Waals surface area contributed by atoms with Gasteiger partial charge in [-0.1, -0.05) is 25.7 Å². The van der Waals surface area contributed by atoms with Crippen LogP contribution in [0.2, 0.25) is 0 Å². The Morgan fingerprint density at radius 2 is 2.17 bits per heavy atom. The van der Waals surface area contributed by atoms with E-state index in [4.69, 9.17) is 4.98 Å². The summed E-state index contributed by atoms with van der Waals surface area (Å²) in [6.45, 7) is 14.9. The number of aliphatic hydroxyl groups excluding tert-OH is 1. The Kier molecular flexibility index (Phi) is 10.6. The topological polar surface area (TPSA) is 68.6 Å². The standard InChI is InChI=1S/C23H42N6O/c1-6-8-11-23-26-21(17-24-4)22(18-28-14-9-10-20(30)12-15-28)29(23)19(3)25-13-16-27(5)7-2/h6,8,20,24-25,30H,3,7,9-18H2,1-2,4-5H3/b8-6-. The minimum absolute atomic E-state index is 0.172. The van der Waals surface area contributed by atoms with Crippen molar-refractivity contribution in [2.45, 2.75) is 58.7 Å². The molecule has 0 saturated carbocycles. The van der Waals surface area contributed by atoms with Crippen LogP contribution in [0.15, 0.2) is 18.7 Å². The average molecular weight is 419 g/mol. The van der Waals surface area contributed by atoms with E-state index in [9.17, 15) is 5.11 Å². The zero-order valence-corrected chi connectivity index (χ0v) is 19.5. The number of likely N-dealkylation sites (tertiary alicyclic amines) is 1. The Morgan fingerprint density at radius 3 is 2.87 bits per heavy atom. The summed E-state index contributed by atoms with van der Waals surface area (Å²) < 4.78 is 2.22. The number of imidazole rings is 1. The minimum Gasteiger partial charge on any atom is -0.393 e. The third-order valence-electron chi connectivity index (χ3n) is 5.80. The van der Waals surface area contributed by atoms with Crippen LogP contribution < -0.4 is 10.6 Å². The monoisotopic (exact) mass is 418 g/mol. The molecule has 1 aromatic heterocycles. The van der Waals surface area contributed by atoms with Crippen LogP contribution >= 0.6 is 0 Å². The van der Waals surface area contributed by atoms with E-state index in [0.29, 0.717) is 0 Å². The predicted octanol–water partition coefficient (Wildman–Crippen LogP) is 2.04. The lowest BCUT2D eigenvalue weighted by Gasteiger charge is -2.23. The molecule has 1 atom stereocenters. The van der Waals surface area contributed by atoms with Crippen LogP contribution in [0.25, 0.3) is 5.82 Å². The normalized spacial score (nSPS) is 18.3.